The van der Waals surface area contributed by atoms with E-state index >= 15 is 0 Å². The summed E-state index contributed by atoms with van der Waals surface area (Å²) in [5.41, 5.74) is 0.851. The number of likely N-dealkylation sites (tertiary alicyclic amines) is 1. The molecule has 2 fully saturated rings. The summed E-state index contributed by atoms with van der Waals surface area (Å²) in [6.07, 6.45) is 5.94. The number of amides is 2. The zero-order valence-electron chi connectivity index (χ0n) is 15.0. The summed E-state index contributed by atoms with van der Waals surface area (Å²) in [7, 11) is 0. The van der Waals surface area contributed by atoms with Gasteiger partial charge in [-0.15, -0.1) is 0 Å². The maximum absolute atomic E-state index is 13.7. The first-order valence-electron chi connectivity index (χ1n) is 9.53. The Bertz CT molecular complexity index is 587. The maximum atomic E-state index is 13.7. The smallest absolute Gasteiger partial charge is 0.317 e. The highest BCUT2D eigenvalue weighted by atomic mass is 19.1. The summed E-state index contributed by atoms with van der Waals surface area (Å²) >= 11 is 0. The van der Waals surface area contributed by atoms with Crippen molar-refractivity contribution in [3.63, 3.8) is 0 Å². The number of hydrogen-bond acceptors (Lipinski definition) is 2. The van der Waals surface area contributed by atoms with Crippen LogP contribution in [0, 0.1) is 17.7 Å². The summed E-state index contributed by atoms with van der Waals surface area (Å²) in [6, 6.07) is 6.36. The lowest BCUT2D eigenvalue weighted by atomic mass is 9.91. The number of carbonyl (C=O) groups is 1. The van der Waals surface area contributed by atoms with E-state index in [0.29, 0.717) is 12.5 Å². The SMILES string of the molecule is CC(O)C1CCCN(C(=O)NC(c2cccc(F)c2)C2CCCC2)C1. The van der Waals surface area contributed by atoms with Crippen molar-refractivity contribution in [2.24, 2.45) is 11.8 Å². The van der Waals surface area contributed by atoms with E-state index in [1.54, 1.807) is 13.0 Å². The van der Waals surface area contributed by atoms with E-state index < -0.39 is 6.10 Å². The van der Waals surface area contributed by atoms with Gasteiger partial charge < -0.3 is 15.3 Å². The Kier molecular flexibility index (Phi) is 5.94. The number of carbonyl (C=O) groups excluding carboxylic acids is 1. The lowest BCUT2D eigenvalue weighted by Crippen LogP contribution is -2.49. The largest absolute Gasteiger partial charge is 0.393 e. The van der Waals surface area contributed by atoms with Gasteiger partial charge in [0.25, 0.3) is 0 Å². The number of nitrogens with one attached hydrogen (secondary N) is 1. The molecule has 2 aliphatic rings. The van der Waals surface area contributed by atoms with Gasteiger partial charge >= 0.3 is 6.03 Å². The predicted octanol–water partition coefficient (Wildman–Crippen LogP) is 3.86. The molecule has 3 rings (SSSR count). The molecule has 1 aromatic rings. The number of benzene rings is 1. The van der Waals surface area contributed by atoms with Gasteiger partial charge in [-0.25, -0.2) is 9.18 Å². The number of hydrogen-bond donors (Lipinski definition) is 2. The van der Waals surface area contributed by atoms with Crippen LogP contribution < -0.4 is 5.32 Å². The van der Waals surface area contributed by atoms with E-state index in [2.05, 4.69) is 5.32 Å². The van der Waals surface area contributed by atoms with Crippen molar-refractivity contribution in [2.75, 3.05) is 13.1 Å². The fraction of sp³-hybridized carbons (Fsp3) is 0.650. The summed E-state index contributed by atoms with van der Waals surface area (Å²) in [5, 5.41) is 13.0. The van der Waals surface area contributed by atoms with E-state index in [9.17, 15) is 14.3 Å². The first-order valence-corrected chi connectivity index (χ1v) is 9.53. The molecular weight excluding hydrogens is 319 g/mol. The number of urea groups is 1. The summed E-state index contributed by atoms with van der Waals surface area (Å²) in [4.78, 5) is 14.6. The normalized spacial score (nSPS) is 24.1. The Balaban J connectivity index is 1.72. The van der Waals surface area contributed by atoms with Crippen LogP contribution in [-0.4, -0.2) is 35.2 Å². The number of piperidine rings is 1. The molecule has 0 bridgehead atoms. The number of aliphatic hydroxyl groups is 1. The molecule has 3 atom stereocenters. The molecule has 1 aliphatic carbocycles. The van der Waals surface area contributed by atoms with Crippen molar-refractivity contribution in [2.45, 2.75) is 57.6 Å². The van der Waals surface area contributed by atoms with Crippen LogP contribution in [0.2, 0.25) is 0 Å². The van der Waals surface area contributed by atoms with Crippen LogP contribution in [0.4, 0.5) is 9.18 Å². The molecule has 0 spiro atoms. The minimum absolute atomic E-state index is 0.0912. The molecule has 1 heterocycles. The number of halogens is 1. The third-order valence-corrected chi connectivity index (χ3v) is 5.79. The van der Waals surface area contributed by atoms with Crippen molar-refractivity contribution >= 4 is 6.03 Å². The number of nitrogens with zero attached hydrogens (tertiary/aromatic N) is 1. The van der Waals surface area contributed by atoms with Gasteiger partial charge in [-0.05, 0) is 56.2 Å². The average molecular weight is 348 g/mol. The minimum atomic E-state index is -0.399. The van der Waals surface area contributed by atoms with E-state index in [-0.39, 0.29) is 23.8 Å². The first kappa shape index (κ1) is 18.2. The van der Waals surface area contributed by atoms with Crippen molar-refractivity contribution in [1.29, 1.82) is 0 Å². The fourth-order valence-electron chi connectivity index (χ4n) is 4.28. The Morgan fingerprint density at radius 3 is 2.64 bits per heavy atom. The molecule has 1 aliphatic heterocycles. The molecule has 5 heteroatoms. The molecule has 0 aromatic heterocycles. The van der Waals surface area contributed by atoms with Crippen LogP contribution in [0.5, 0.6) is 0 Å². The van der Waals surface area contributed by atoms with E-state index in [0.717, 1.165) is 37.8 Å². The molecule has 3 unspecified atom stereocenters. The number of aliphatic hydroxyl groups excluding tert-OH is 1. The molecule has 25 heavy (non-hydrogen) atoms. The molecule has 2 N–H and O–H groups in total. The molecular formula is C20H29FN2O2. The van der Waals surface area contributed by atoms with Crippen molar-refractivity contribution in [3.8, 4) is 0 Å². The van der Waals surface area contributed by atoms with Crippen LogP contribution in [-0.2, 0) is 0 Å². The van der Waals surface area contributed by atoms with Crippen molar-refractivity contribution in [3.05, 3.63) is 35.6 Å². The second kappa shape index (κ2) is 8.17. The van der Waals surface area contributed by atoms with Gasteiger partial charge in [0, 0.05) is 19.0 Å². The van der Waals surface area contributed by atoms with Gasteiger partial charge in [-0.1, -0.05) is 25.0 Å². The first-order chi connectivity index (χ1) is 12.0. The summed E-state index contributed by atoms with van der Waals surface area (Å²) in [5.74, 6) is 0.239. The Labute approximate surface area is 149 Å². The standard InChI is InChI=1S/C20H29FN2O2/c1-14(24)17-9-5-11-23(13-17)20(25)22-19(15-6-2-3-7-15)16-8-4-10-18(21)12-16/h4,8,10,12,14-15,17,19,24H,2-3,5-7,9,11,13H2,1H3,(H,22,25). The van der Waals surface area contributed by atoms with Gasteiger partial charge in [0.15, 0.2) is 0 Å². The zero-order valence-corrected chi connectivity index (χ0v) is 15.0. The highest BCUT2D eigenvalue weighted by molar-refractivity contribution is 5.75. The molecule has 4 nitrogen and oxygen atoms in total. The van der Waals surface area contributed by atoms with E-state index in [1.807, 2.05) is 11.0 Å². The van der Waals surface area contributed by atoms with Gasteiger partial charge in [-0.3, -0.25) is 0 Å². The van der Waals surface area contributed by atoms with Crippen LogP contribution >= 0.6 is 0 Å². The van der Waals surface area contributed by atoms with Gasteiger partial charge in [0.1, 0.15) is 5.82 Å². The summed E-state index contributed by atoms with van der Waals surface area (Å²) < 4.78 is 13.7. The van der Waals surface area contributed by atoms with Crippen LogP contribution in [0.3, 0.4) is 0 Å². The quantitative estimate of drug-likeness (QED) is 0.868. The Hall–Kier alpha value is -1.62. The summed E-state index contributed by atoms with van der Waals surface area (Å²) in [6.45, 7) is 3.10. The lowest BCUT2D eigenvalue weighted by molar-refractivity contribution is 0.0727. The maximum Gasteiger partial charge on any atom is 0.317 e. The second-order valence-electron chi connectivity index (χ2n) is 7.62. The highest BCUT2D eigenvalue weighted by Crippen LogP contribution is 2.36. The monoisotopic (exact) mass is 348 g/mol. The zero-order chi connectivity index (χ0) is 17.8. The van der Waals surface area contributed by atoms with Crippen LogP contribution in [0.15, 0.2) is 24.3 Å². The average Bonchev–Trinajstić information content (AvgIpc) is 3.13. The van der Waals surface area contributed by atoms with Gasteiger partial charge in [0.2, 0.25) is 0 Å². The van der Waals surface area contributed by atoms with E-state index in [4.69, 9.17) is 0 Å². The van der Waals surface area contributed by atoms with E-state index in [1.165, 1.54) is 25.0 Å². The lowest BCUT2D eigenvalue weighted by Gasteiger charge is -2.36. The number of rotatable bonds is 4. The molecule has 138 valence electrons. The van der Waals surface area contributed by atoms with Crippen LogP contribution in [0.1, 0.15) is 57.1 Å². The molecule has 2 amide bonds. The Morgan fingerprint density at radius 2 is 1.96 bits per heavy atom. The van der Waals surface area contributed by atoms with Gasteiger partial charge in [0.05, 0.1) is 12.1 Å². The molecule has 1 aromatic carbocycles. The Morgan fingerprint density at radius 1 is 1.24 bits per heavy atom. The molecule has 0 radical (unpaired) electrons. The third-order valence-electron chi connectivity index (χ3n) is 5.79. The van der Waals surface area contributed by atoms with Gasteiger partial charge in [-0.2, -0.15) is 0 Å². The minimum Gasteiger partial charge on any atom is -0.393 e. The second-order valence-corrected chi connectivity index (χ2v) is 7.62. The predicted molar refractivity (Wildman–Crippen MR) is 95.6 cm³/mol. The third kappa shape index (κ3) is 4.51. The van der Waals surface area contributed by atoms with Crippen molar-refractivity contribution < 1.29 is 14.3 Å². The van der Waals surface area contributed by atoms with Crippen molar-refractivity contribution in [1.82, 2.24) is 10.2 Å². The topological polar surface area (TPSA) is 52.6 Å². The van der Waals surface area contributed by atoms with Crippen LogP contribution in [0.25, 0.3) is 0 Å². The highest BCUT2D eigenvalue weighted by Gasteiger charge is 2.31. The molecule has 1 saturated carbocycles. The fourth-order valence-corrected chi connectivity index (χ4v) is 4.28. The molecule has 1 saturated heterocycles.